The topological polar surface area (TPSA) is 148 Å². The van der Waals surface area contributed by atoms with Crippen LogP contribution in [0.3, 0.4) is 0 Å². The molecule has 0 radical (unpaired) electrons. The number of nitrogens with one attached hydrogen (secondary N) is 4. The van der Waals surface area contributed by atoms with Crippen LogP contribution in [0.4, 0.5) is 5.69 Å². The summed E-state index contributed by atoms with van der Waals surface area (Å²) in [5, 5.41) is 23.8. The normalized spacial score (nSPS) is 16.0. The Morgan fingerprint density at radius 2 is 1.52 bits per heavy atom. The third-order valence-electron chi connectivity index (χ3n) is 12.1. The van der Waals surface area contributed by atoms with Gasteiger partial charge in [-0.1, -0.05) is 107 Å². The molecule has 5 rings (SSSR count). The molecule has 0 bridgehead atoms. The molecule has 65 heavy (non-hydrogen) atoms. The molecule has 354 valence electrons. The van der Waals surface area contributed by atoms with Gasteiger partial charge in [-0.25, -0.2) is 4.98 Å². The molecule has 0 saturated carbocycles. The van der Waals surface area contributed by atoms with Crippen LogP contribution in [0.15, 0.2) is 78.3 Å². The predicted molar refractivity (Wildman–Crippen MR) is 264 cm³/mol. The average molecular weight is 910 g/mol. The van der Waals surface area contributed by atoms with Crippen molar-refractivity contribution in [1.82, 2.24) is 31.2 Å². The molecular formula is C52H75N7O5S. The SMILES string of the molecule is Cc1ncsc1-c1ccc([C@H](C)NC(=O)[C@@H]2C[C@@H](O)CN2C(=O)C(NC(=O)CCCCCCCCCOc2ccc(CNCCCNCc3ccccc3N(C)C)cc2)C(C)(C)C)cc1. The number of likely N-dealkylation sites (tertiary alicyclic amines) is 1. The summed E-state index contributed by atoms with van der Waals surface area (Å²) >= 11 is 1.59. The zero-order valence-corrected chi connectivity index (χ0v) is 40.8. The molecule has 1 aromatic heterocycles. The number of aliphatic hydroxyl groups is 1. The van der Waals surface area contributed by atoms with E-state index in [1.807, 2.05) is 64.4 Å². The number of nitrogens with zero attached hydrogens (tertiary/aromatic N) is 3. The lowest BCUT2D eigenvalue weighted by molar-refractivity contribution is -0.144. The highest BCUT2D eigenvalue weighted by atomic mass is 32.1. The molecule has 3 aromatic carbocycles. The number of carbonyl (C=O) groups is 3. The zero-order valence-electron chi connectivity index (χ0n) is 40.0. The van der Waals surface area contributed by atoms with Crippen LogP contribution in [-0.4, -0.2) is 91.2 Å². The van der Waals surface area contributed by atoms with Crippen LogP contribution in [-0.2, 0) is 27.5 Å². The molecule has 1 aliphatic rings. The summed E-state index contributed by atoms with van der Waals surface area (Å²) in [5.41, 5.74) is 8.03. The number of benzene rings is 3. The maximum atomic E-state index is 14.1. The van der Waals surface area contributed by atoms with E-state index in [0.717, 1.165) is 105 Å². The zero-order chi connectivity index (χ0) is 46.8. The molecule has 0 aliphatic carbocycles. The summed E-state index contributed by atoms with van der Waals surface area (Å²) < 4.78 is 6.00. The number of β-amino-alcohol motifs (C(OH)–C–C–N with tert-alkyl or cyclic N) is 1. The van der Waals surface area contributed by atoms with Crippen molar-refractivity contribution >= 4 is 34.7 Å². The van der Waals surface area contributed by atoms with Gasteiger partial charge in [0.05, 0.1) is 34.8 Å². The number of hydrogen-bond acceptors (Lipinski definition) is 10. The summed E-state index contributed by atoms with van der Waals surface area (Å²) in [5.74, 6) is 0.0626. The van der Waals surface area contributed by atoms with Gasteiger partial charge in [0.25, 0.3) is 0 Å². The highest BCUT2D eigenvalue weighted by Gasteiger charge is 2.44. The number of thiazole rings is 1. The number of para-hydroxylation sites is 1. The first-order chi connectivity index (χ1) is 31.2. The molecule has 2 heterocycles. The molecule has 3 amide bonds. The summed E-state index contributed by atoms with van der Waals surface area (Å²) in [4.78, 5) is 49.9. The number of ether oxygens (including phenoxy) is 1. The Bertz CT molecular complexity index is 2070. The molecule has 1 unspecified atom stereocenters. The van der Waals surface area contributed by atoms with Crippen LogP contribution in [0.25, 0.3) is 10.4 Å². The molecule has 5 N–H and O–H groups in total. The van der Waals surface area contributed by atoms with Crippen LogP contribution in [0.2, 0.25) is 0 Å². The van der Waals surface area contributed by atoms with Gasteiger partial charge in [0, 0.05) is 52.3 Å². The maximum Gasteiger partial charge on any atom is 0.246 e. The number of amides is 3. The number of unbranched alkanes of at least 4 members (excludes halogenated alkanes) is 6. The number of aryl methyl sites for hydroxylation is 1. The van der Waals surface area contributed by atoms with Crippen molar-refractivity contribution in [2.45, 2.75) is 136 Å². The molecule has 1 saturated heterocycles. The van der Waals surface area contributed by atoms with E-state index in [0.29, 0.717) is 13.0 Å². The fourth-order valence-electron chi connectivity index (χ4n) is 8.30. The Kier molecular flexibility index (Phi) is 20.3. The van der Waals surface area contributed by atoms with Crippen molar-refractivity contribution in [3.8, 4) is 16.2 Å². The quantitative estimate of drug-likeness (QED) is 0.0393. The van der Waals surface area contributed by atoms with Gasteiger partial charge in [0.15, 0.2) is 0 Å². The fraction of sp³-hybridized carbons (Fsp3) is 0.538. The first-order valence-corrected chi connectivity index (χ1v) is 24.6. The van der Waals surface area contributed by atoms with Crippen molar-refractivity contribution in [1.29, 1.82) is 0 Å². The van der Waals surface area contributed by atoms with E-state index in [2.05, 4.69) is 93.8 Å². The van der Waals surface area contributed by atoms with Gasteiger partial charge >= 0.3 is 0 Å². The van der Waals surface area contributed by atoms with E-state index in [1.54, 1.807) is 11.3 Å². The van der Waals surface area contributed by atoms with Gasteiger partial charge in [-0.3, -0.25) is 14.4 Å². The second-order valence-electron chi connectivity index (χ2n) is 18.8. The highest BCUT2D eigenvalue weighted by molar-refractivity contribution is 7.13. The van der Waals surface area contributed by atoms with E-state index in [4.69, 9.17) is 4.74 Å². The van der Waals surface area contributed by atoms with E-state index in [9.17, 15) is 19.5 Å². The van der Waals surface area contributed by atoms with Gasteiger partial charge in [-0.2, -0.15) is 0 Å². The van der Waals surface area contributed by atoms with Crippen molar-refractivity contribution in [3.05, 3.63) is 101 Å². The number of carbonyl (C=O) groups excluding carboxylic acids is 3. The minimum atomic E-state index is -0.834. The summed E-state index contributed by atoms with van der Waals surface area (Å²) in [6.07, 6.45) is 7.76. The van der Waals surface area contributed by atoms with Crippen LogP contribution < -0.4 is 30.9 Å². The van der Waals surface area contributed by atoms with Crippen LogP contribution in [0.5, 0.6) is 5.75 Å². The molecule has 0 spiro atoms. The number of hydrogen-bond donors (Lipinski definition) is 5. The van der Waals surface area contributed by atoms with Gasteiger partial charge < -0.3 is 40.9 Å². The maximum absolute atomic E-state index is 14.1. The Hall–Kier alpha value is -4.82. The van der Waals surface area contributed by atoms with Gasteiger partial charge in [0.2, 0.25) is 17.7 Å². The first-order valence-electron chi connectivity index (χ1n) is 23.7. The van der Waals surface area contributed by atoms with Gasteiger partial charge in [0.1, 0.15) is 17.8 Å². The molecular weight excluding hydrogens is 835 g/mol. The predicted octanol–water partition coefficient (Wildman–Crippen LogP) is 8.32. The van der Waals surface area contributed by atoms with E-state index >= 15 is 0 Å². The molecule has 1 fully saturated rings. The Morgan fingerprint density at radius 3 is 2.18 bits per heavy atom. The summed E-state index contributed by atoms with van der Waals surface area (Å²) in [7, 11) is 4.16. The van der Waals surface area contributed by atoms with Crippen LogP contribution >= 0.6 is 11.3 Å². The Morgan fingerprint density at radius 1 is 0.862 bits per heavy atom. The highest BCUT2D eigenvalue weighted by Crippen LogP contribution is 2.30. The van der Waals surface area contributed by atoms with E-state index in [1.165, 1.54) is 21.7 Å². The van der Waals surface area contributed by atoms with Crippen molar-refractivity contribution in [3.63, 3.8) is 0 Å². The third kappa shape index (κ3) is 16.2. The number of anilines is 1. The summed E-state index contributed by atoms with van der Waals surface area (Å²) in [6, 6.07) is 22.9. The summed E-state index contributed by atoms with van der Waals surface area (Å²) in [6.45, 7) is 14.0. The van der Waals surface area contributed by atoms with Crippen molar-refractivity contribution in [2.75, 3.05) is 45.2 Å². The molecule has 1 aliphatic heterocycles. The number of aromatic nitrogens is 1. The lowest BCUT2D eigenvalue weighted by Crippen LogP contribution is -2.57. The van der Waals surface area contributed by atoms with Gasteiger partial charge in [-0.05, 0) is 92.1 Å². The fourth-order valence-corrected chi connectivity index (χ4v) is 9.12. The van der Waals surface area contributed by atoms with Crippen molar-refractivity contribution < 1.29 is 24.2 Å². The Labute approximate surface area is 392 Å². The van der Waals surface area contributed by atoms with Gasteiger partial charge in [-0.15, -0.1) is 11.3 Å². The van der Waals surface area contributed by atoms with Crippen LogP contribution in [0.1, 0.15) is 120 Å². The lowest BCUT2D eigenvalue weighted by Gasteiger charge is -2.35. The average Bonchev–Trinajstić information content (AvgIpc) is 3.90. The number of aliphatic hydroxyl groups excluding tert-OH is 1. The van der Waals surface area contributed by atoms with E-state index < -0.39 is 23.6 Å². The van der Waals surface area contributed by atoms with Crippen molar-refractivity contribution in [2.24, 2.45) is 5.41 Å². The number of rotatable bonds is 26. The lowest BCUT2D eigenvalue weighted by atomic mass is 9.85. The Balaban J connectivity index is 0.914. The molecule has 4 aromatic rings. The smallest absolute Gasteiger partial charge is 0.246 e. The molecule has 12 nitrogen and oxygen atoms in total. The first kappa shape index (κ1) is 51.2. The third-order valence-corrected chi connectivity index (χ3v) is 13.1. The second-order valence-corrected chi connectivity index (χ2v) is 19.7. The van der Waals surface area contributed by atoms with Crippen LogP contribution in [0, 0.1) is 12.3 Å². The largest absolute Gasteiger partial charge is 0.494 e. The molecule has 4 atom stereocenters. The minimum absolute atomic E-state index is 0.0437. The van der Waals surface area contributed by atoms with E-state index in [-0.39, 0.29) is 36.7 Å². The standard InChI is InChI=1S/C52H75N7O5S/c1-37(40-23-25-41(26-24-40)48-38(2)55-36-65-48)56-50(62)46-32-43(60)35-59(46)51(63)49(52(3,4)5)57-47(61)20-13-11-9-8-10-12-16-31-64-44-27-21-39(22-28-44)33-53-29-17-30-54-34-42-18-14-15-19-45(42)58(6)7/h14-15,18-19,21-28,36-37,43,46,49,53-54,60H,8-13,16-17,20,29-35H2,1-7H3,(H,56,62)(H,57,61)/t37-,43+,46-,49?/m0/s1. The molecule has 13 heteroatoms. The monoisotopic (exact) mass is 910 g/mol. The second kappa shape index (κ2) is 25.8. The minimum Gasteiger partial charge on any atom is -0.494 e.